The third-order valence-corrected chi connectivity index (χ3v) is 5.40. The molecule has 2 aromatic rings. The number of hydrogen-bond acceptors (Lipinski definition) is 4. The summed E-state index contributed by atoms with van der Waals surface area (Å²) in [6, 6.07) is 13.4. The van der Waals surface area contributed by atoms with Crippen molar-refractivity contribution in [1.82, 2.24) is 5.32 Å². The van der Waals surface area contributed by atoms with Gasteiger partial charge in [0.1, 0.15) is 5.75 Å². The standard InChI is InChI=1S/C22H24N2O4/c1-22(2)12-15-11-17(28-21(26)27)8-9-18(15)24-19(22)13-4-3-5-14(10-13)20(25)23-16-6-7-16/h3-5,8-11,16,19,24H,6-7,12H2,1-2H3,(H,23,25)(H,26,27). The van der Waals surface area contributed by atoms with Crippen molar-refractivity contribution in [3.8, 4) is 5.75 Å². The van der Waals surface area contributed by atoms with E-state index in [1.54, 1.807) is 12.1 Å². The zero-order chi connectivity index (χ0) is 19.9. The molecule has 2 aliphatic rings. The lowest BCUT2D eigenvalue weighted by molar-refractivity contribution is 0.0950. The Hall–Kier alpha value is -3.02. The van der Waals surface area contributed by atoms with Gasteiger partial charge >= 0.3 is 6.16 Å². The maximum atomic E-state index is 12.4. The molecule has 0 saturated heterocycles. The Bertz CT molecular complexity index is 934. The number of carbonyl (C=O) groups excluding carboxylic acids is 1. The summed E-state index contributed by atoms with van der Waals surface area (Å²) in [6.07, 6.45) is 1.57. The van der Waals surface area contributed by atoms with Gasteiger partial charge in [-0.15, -0.1) is 0 Å². The van der Waals surface area contributed by atoms with Crippen LogP contribution in [0.15, 0.2) is 42.5 Å². The van der Waals surface area contributed by atoms with Gasteiger partial charge in [0.15, 0.2) is 0 Å². The highest BCUT2D eigenvalue weighted by molar-refractivity contribution is 5.94. The fraction of sp³-hybridized carbons (Fsp3) is 0.364. The van der Waals surface area contributed by atoms with Gasteiger partial charge in [0.25, 0.3) is 5.91 Å². The van der Waals surface area contributed by atoms with Gasteiger partial charge < -0.3 is 20.5 Å². The number of ether oxygens (including phenoxy) is 1. The Morgan fingerprint density at radius 1 is 1.18 bits per heavy atom. The highest BCUT2D eigenvalue weighted by Gasteiger charge is 2.36. The van der Waals surface area contributed by atoms with Crippen LogP contribution in [-0.2, 0) is 6.42 Å². The maximum Gasteiger partial charge on any atom is 0.511 e. The van der Waals surface area contributed by atoms with E-state index >= 15 is 0 Å². The second kappa shape index (κ2) is 6.86. The molecule has 1 amide bonds. The smallest absolute Gasteiger partial charge is 0.449 e. The summed E-state index contributed by atoms with van der Waals surface area (Å²) in [5.41, 5.74) is 3.57. The first kappa shape index (κ1) is 18.3. The van der Waals surface area contributed by atoms with E-state index in [0.29, 0.717) is 17.4 Å². The third-order valence-electron chi connectivity index (χ3n) is 5.40. The number of anilines is 1. The first-order chi connectivity index (χ1) is 13.3. The monoisotopic (exact) mass is 380 g/mol. The van der Waals surface area contributed by atoms with Gasteiger partial charge in [-0.3, -0.25) is 4.79 Å². The molecule has 0 radical (unpaired) electrons. The molecule has 146 valence electrons. The number of amides is 1. The van der Waals surface area contributed by atoms with Crippen LogP contribution in [0.1, 0.15) is 54.2 Å². The average Bonchev–Trinajstić information content (AvgIpc) is 3.44. The molecule has 4 rings (SSSR count). The Morgan fingerprint density at radius 2 is 1.96 bits per heavy atom. The van der Waals surface area contributed by atoms with Gasteiger partial charge in [-0.25, -0.2) is 4.79 Å². The van der Waals surface area contributed by atoms with Crippen molar-refractivity contribution in [1.29, 1.82) is 0 Å². The van der Waals surface area contributed by atoms with Gasteiger partial charge in [-0.2, -0.15) is 0 Å². The molecule has 3 N–H and O–H groups in total. The minimum absolute atomic E-state index is 0.0196. The average molecular weight is 380 g/mol. The molecule has 1 atom stereocenters. The van der Waals surface area contributed by atoms with Crippen LogP contribution in [0.3, 0.4) is 0 Å². The number of carboxylic acid groups (broad SMARTS) is 1. The highest BCUT2D eigenvalue weighted by atomic mass is 16.7. The molecule has 0 spiro atoms. The van der Waals surface area contributed by atoms with Crippen molar-refractivity contribution < 1.29 is 19.4 Å². The second-order valence-electron chi connectivity index (χ2n) is 8.30. The van der Waals surface area contributed by atoms with E-state index in [-0.39, 0.29) is 17.4 Å². The molecule has 2 aromatic carbocycles. The topological polar surface area (TPSA) is 87.7 Å². The van der Waals surface area contributed by atoms with E-state index < -0.39 is 6.16 Å². The third kappa shape index (κ3) is 3.81. The van der Waals surface area contributed by atoms with Gasteiger partial charge in [-0.1, -0.05) is 26.0 Å². The van der Waals surface area contributed by atoms with Gasteiger partial charge in [-0.05, 0) is 66.1 Å². The van der Waals surface area contributed by atoms with Gasteiger partial charge in [0.05, 0.1) is 6.04 Å². The normalized spacial score (nSPS) is 19.9. The van der Waals surface area contributed by atoms with E-state index in [0.717, 1.165) is 36.1 Å². The molecule has 1 aliphatic heterocycles. The number of benzene rings is 2. The van der Waals surface area contributed by atoms with E-state index in [2.05, 4.69) is 24.5 Å². The van der Waals surface area contributed by atoms with Crippen LogP contribution in [0, 0.1) is 5.41 Å². The number of hydrogen-bond donors (Lipinski definition) is 3. The summed E-state index contributed by atoms with van der Waals surface area (Å²) in [5.74, 6) is 0.301. The van der Waals surface area contributed by atoms with Crippen molar-refractivity contribution in [3.63, 3.8) is 0 Å². The van der Waals surface area contributed by atoms with Crippen molar-refractivity contribution >= 4 is 17.7 Å². The van der Waals surface area contributed by atoms with E-state index in [4.69, 9.17) is 9.84 Å². The lowest BCUT2D eigenvalue weighted by Crippen LogP contribution is -2.35. The summed E-state index contributed by atoms with van der Waals surface area (Å²) >= 11 is 0. The first-order valence-electron chi connectivity index (χ1n) is 9.53. The lowest BCUT2D eigenvalue weighted by atomic mass is 9.72. The first-order valence-corrected chi connectivity index (χ1v) is 9.53. The second-order valence-corrected chi connectivity index (χ2v) is 8.30. The van der Waals surface area contributed by atoms with Crippen LogP contribution in [0.2, 0.25) is 0 Å². The molecule has 6 heteroatoms. The molecule has 6 nitrogen and oxygen atoms in total. The number of fused-ring (bicyclic) bond motifs is 1. The Labute approximate surface area is 163 Å². The minimum Gasteiger partial charge on any atom is -0.449 e. The van der Waals surface area contributed by atoms with Crippen molar-refractivity contribution in [2.24, 2.45) is 5.41 Å². The van der Waals surface area contributed by atoms with Crippen molar-refractivity contribution in [3.05, 3.63) is 59.2 Å². The Morgan fingerprint density at radius 3 is 2.68 bits per heavy atom. The summed E-state index contributed by atoms with van der Waals surface area (Å²) in [6.45, 7) is 4.32. The summed E-state index contributed by atoms with van der Waals surface area (Å²) in [4.78, 5) is 23.2. The predicted octanol–water partition coefficient (Wildman–Crippen LogP) is 4.37. The lowest BCUT2D eigenvalue weighted by Gasteiger charge is -2.41. The summed E-state index contributed by atoms with van der Waals surface area (Å²) in [5, 5.41) is 15.4. The predicted molar refractivity (Wildman–Crippen MR) is 106 cm³/mol. The largest absolute Gasteiger partial charge is 0.511 e. The summed E-state index contributed by atoms with van der Waals surface area (Å²) in [7, 11) is 0. The molecule has 0 bridgehead atoms. The Balaban J connectivity index is 1.60. The van der Waals surface area contributed by atoms with Gasteiger partial charge in [0.2, 0.25) is 0 Å². The van der Waals surface area contributed by atoms with Crippen molar-refractivity contribution in [2.75, 3.05) is 5.32 Å². The molecule has 0 aromatic heterocycles. The fourth-order valence-corrected chi connectivity index (χ4v) is 3.86. The molecule has 1 unspecified atom stereocenters. The minimum atomic E-state index is -1.32. The van der Waals surface area contributed by atoms with E-state index in [1.165, 1.54) is 0 Å². The van der Waals surface area contributed by atoms with Crippen LogP contribution in [0.25, 0.3) is 0 Å². The number of carbonyl (C=O) groups is 2. The molecule has 28 heavy (non-hydrogen) atoms. The van der Waals surface area contributed by atoms with Crippen molar-refractivity contribution in [2.45, 2.75) is 45.2 Å². The molecular formula is C22H24N2O4. The van der Waals surface area contributed by atoms with E-state index in [9.17, 15) is 9.59 Å². The maximum absolute atomic E-state index is 12.4. The molecule has 1 aliphatic carbocycles. The number of rotatable bonds is 4. The zero-order valence-corrected chi connectivity index (χ0v) is 16.0. The highest BCUT2D eigenvalue weighted by Crippen LogP contribution is 2.45. The molecular weight excluding hydrogens is 356 g/mol. The summed E-state index contributed by atoms with van der Waals surface area (Å²) < 4.78 is 4.78. The van der Waals surface area contributed by atoms with Crippen LogP contribution in [-0.4, -0.2) is 23.2 Å². The quantitative estimate of drug-likeness (QED) is 0.541. The molecule has 1 saturated carbocycles. The number of nitrogens with one attached hydrogen (secondary N) is 2. The van der Waals surface area contributed by atoms with Crippen LogP contribution < -0.4 is 15.4 Å². The van der Waals surface area contributed by atoms with Crippen LogP contribution in [0.4, 0.5) is 10.5 Å². The van der Waals surface area contributed by atoms with Crippen LogP contribution in [0.5, 0.6) is 5.75 Å². The van der Waals surface area contributed by atoms with Gasteiger partial charge in [0, 0.05) is 17.3 Å². The SMILES string of the molecule is CC1(C)Cc2cc(OC(=O)O)ccc2NC1c1cccc(C(=O)NC2CC2)c1. The zero-order valence-electron chi connectivity index (χ0n) is 16.0. The molecule has 1 heterocycles. The fourth-order valence-electron chi connectivity index (χ4n) is 3.86. The molecule has 1 fully saturated rings. The Kier molecular flexibility index (Phi) is 4.49. The van der Waals surface area contributed by atoms with Crippen LogP contribution >= 0.6 is 0 Å². The van der Waals surface area contributed by atoms with E-state index in [1.807, 2.05) is 30.3 Å².